The van der Waals surface area contributed by atoms with Gasteiger partial charge in [0, 0.05) is 70.5 Å². The van der Waals surface area contributed by atoms with Crippen molar-refractivity contribution in [2.75, 3.05) is 24.6 Å². The second kappa shape index (κ2) is 17.4. The molecule has 260 valence electrons. The van der Waals surface area contributed by atoms with E-state index < -0.39 is 19.7 Å². The summed E-state index contributed by atoms with van der Waals surface area (Å²) < 4.78 is 50.2. The first-order chi connectivity index (χ1) is 22.1. The van der Waals surface area contributed by atoms with Crippen LogP contribution in [0.2, 0.25) is 0 Å². The van der Waals surface area contributed by atoms with Crippen LogP contribution in [0.15, 0.2) is 120 Å². The number of nitrogens with two attached hydrogens (primary N) is 2. The lowest BCUT2D eigenvalue weighted by Gasteiger charge is -2.11. The molecule has 11 nitrogen and oxygen atoms in total. The van der Waals surface area contributed by atoms with Crippen molar-refractivity contribution in [3.8, 4) is 33.8 Å². The molecule has 6 aromatic rings. The summed E-state index contributed by atoms with van der Waals surface area (Å²) >= 11 is 0. The third-order valence-electron chi connectivity index (χ3n) is 7.30. The predicted molar refractivity (Wildman–Crippen MR) is 198 cm³/mol. The first-order valence-corrected chi connectivity index (χ1v) is 17.5. The van der Waals surface area contributed by atoms with Crippen LogP contribution >= 0.6 is 24.8 Å². The van der Waals surface area contributed by atoms with Gasteiger partial charge in [-0.05, 0) is 59.7 Å². The van der Waals surface area contributed by atoms with Gasteiger partial charge in [0.2, 0.25) is 0 Å². The van der Waals surface area contributed by atoms with Crippen LogP contribution in [-0.2, 0) is 19.7 Å². The molecule has 0 aliphatic carbocycles. The quantitative estimate of drug-likeness (QED) is 0.168. The Labute approximate surface area is 296 Å². The molecule has 0 radical (unpaired) electrons. The lowest BCUT2D eigenvalue weighted by Crippen LogP contribution is -2.16. The molecule has 2 aromatic heterocycles. The molecular weight excluding hydrogens is 711 g/mol. The second-order valence-electron chi connectivity index (χ2n) is 10.4. The highest BCUT2D eigenvalue weighted by Crippen LogP contribution is 2.36. The maximum Gasteiger partial charge on any atom is 0.180 e. The highest BCUT2D eigenvalue weighted by Gasteiger charge is 2.20. The van der Waals surface area contributed by atoms with Crippen LogP contribution in [0.1, 0.15) is 0 Å². The number of halogens is 2. The van der Waals surface area contributed by atoms with E-state index in [0.717, 1.165) is 0 Å². The Morgan fingerprint density at radius 2 is 0.939 bits per heavy atom. The third-order valence-corrected chi connectivity index (χ3v) is 10.9. The molecule has 2 heterocycles. The van der Waals surface area contributed by atoms with Crippen LogP contribution in [0.5, 0.6) is 11.5 Å². The summed E-state index contributed by atoms with van der Waals surface area (Å²) in [6, 6.07) is 23.8. The lowest BCUT2D eigenvalue weighted by atomic mass is 10.0. The summed E-state index contributed by atoms with van der Waals surface area (Å²) in [7, 11) is -7.03. The van der Waals surface area contributed by atoms with Gasteiger partial charge in [-0.25, -0.2) is 16.8 Å². The monoisotopic (exact) mass is 746 g/mol. The Hall–Kier alpha value is -4.34. The van der Waals surface area contributed by atoms with Crippen LogP contribution in [0.3, 0.4) is 0 Å². The number of para-hydroxylation sites is 2. The minimum Gasteiger partial charge on any atom is -0.507 e. The fraction of sp³-hybridized carbons (Fsp3) is 0.118. The van der Waals surface area contributed by atoms with Crippen molar-refractivity contribution in [3.05, 3.63) is 110 Å². The van der Waals surface area contributed by atoms with E-state index in [1.807, 2.05) is 12.1 Å². The first-order valence-electron chi connectivity index (χ1n) is 14.2. The van der Waals surface area contributed by atoms with Crippen LogP contribution < -0.4 is 11.5 Å². The molecule has 49 heavy (non-hydrogen) atoms. The van der Waals surface area contributed by atoms with Gasteiger partial charge in [-0.2, -0.15) is 0 Å². The van der Waals surface area contributed by atoms with E-state index in [0.29, 0.717) is 43.8 Å². The fourth-order valence-electron chi connectivity index (χ4n) is 5.14. The number of aromatic nitrogens is 2. The minimum absolute atomic E-state index is 0. The summed E-state index contributed by atoms with van der Waals surface area (Å²) in [5.74, 6) is -0.0700. The molecular formula is C34H36Cl2N4O7S2. The van der Waals surface area contributed by atoms with Gasteiger partial charge in [-0.1, -0.05) is 36.4 Å². The largest absolute Gasteiger partial charge is 0.507 e. The number of fused-ring (bicyclic) bond motifs is 2. The number of nitrogens with zero attached hydrogens (tertiary/aromatic N) is 2. The molecule has 0 bridgehead atoms. The van der Waals surface area contributed by atoms with Gasteiger partial charge in [-0.3, -0.25) is 9.97 Å². The van der Waals surface area contributed by atoms with Crippen LogP contribution in [-0.4, -0.2) is 67.1 Å². The van der Waals surface area contributed by atoms with E-state index in [2.05, 4.69) is 9.97 Å². The van der Waals surface area contributed by atoms with Gasteiger partial charge in [0.15, 0.2) is 19.7 Å². The third kappa shape index (κ3) is 9.02. The Morgan fingerprint density at radius 3 is 1.29 bits per heavy atom. The van der Waals surface area contributed by atoms with Crippen molar-refractivity contribution in [1.29, 1.82) is 0 Å². The van der Waals surface area contributed by atoms with Crippen molar-refractivity contribution in [1.82, 2.24) is 9.97 Å². The molecule has 0 spiro atoms. The number of phenolic OH excluding ortho intramolecular Hbond substituents is 2. The summed E-state index contributed by atoms with van der Waals surface area (Å²) in [5.41, 5.74) is 13.3. The molecule has 0 unspecified atom stereocenters. The number of phenols is 2. The number of aromatic hydroxyl groups is 2. The molecule has 0 saturated heterocycles. The molecule has 4 aromatic carbocycles. The van der Waals surface area contributed by atoms with Crippen molar-refractivity contribution in [2.45, 2.75) is 9.79 Å². The molecule has 6 rings (SSSR count). The Morgan fingerprint density at radius 1 is 0.571 bits per heavy atom. The van der Waals surface area contributed by atoms with Gasteiger partial charge >= 0.3 is 0 Å². The Bertz CT molecular complexity index is 2110. The highest BCUT2D eigenvalue weighted by molar-refractivity contribution is 7.92. The zero-order valence-corrected chi connectivity index (χ0v) is 29.2. The van der Waals surface area contributed by atoms with Crippen molar-refractivity contribution in [2.24, 2.45) is 11.5 Å². The standard InChI is InChI=1S/2C17H16N2O3S.2ClH.H2O/c2*18-6-8-23(21,22)17-10-12(14-3-1-2-4-16(14)20)9-13-11-19-7-5-15(13)17;;;/h2*1-5,7,9-11,20H,6,8,18H2;2*1H;1H2. The molecule has 0 atom stereocenters. The Kier molecular flexibility index (Phi) is 14.5. The molecule has 0 aliphatic rings. The van der Waals surface area contributed by atoms with Crippen LogP contribution in [0.25, 0.3) is 43.8 Å². The molecule has 0 amide bonds. The number of rotatable bonds is 8. The average molecular weight is 748 g/mol. The molecule has 0 fully saturated rings. The Balaban J connectivity index is 0.000000321. The number of hydrogen-bond donors (Lipinski definition) is 4. The first kappa shape index (κ1) is 40.8. The highest BCUT2D eigenvalue weighted by atomic mass is 35.5. The van der Waals surface area contributed by atoms with E-state index >= 15 is 0 Å². The lowest BCUT2D eigenvalue weighted by molar-refractivity contribution is 0.477. The van der Waals surface area contributed by atoms with E-state index in [1.165, 1.54) is 0 Å². The van der Waals surface area contributed by atoms with Crippen molar-refractivity contribution >= 4 is 66.0 Å². The molecule has 8 N–H and O–H groups in total. The van der Waals surface area contributed by atoms with Crippen molar-refractivity contribution in [3.63, 3.8) is 0 Å². The summed E-state index contributed by atoms with van der Waals surface area (Å²) in [6.07, 6.45) is 6.34. The summed E-state index contributed by atoms with van der Waals surface area (Å²) in [4.78, 5) is 8.53. The number of sulfone groups is 2. The molecule has 15 heteroatoms. The van der Waals surface area contributed by atoms with Gasteiger partial charge in [0.05, 0.1) is 21.3 Å². The normalized spacial score (nSPS) is 11.0. The maximum absolute atomic E-state index is 12.6. The topological polar surface area (TPSA) is 218 Å². The SMILES string of the molecule is Cl.Cl.NCCS(=O)(=O)c1cc(-c2ccccc2O)cc2cnccc12.NCCS(=O)(=O)c1cc(-c2ccccc2O)cc2cnccc12.O. The zero-order chi connectivity index (χ0) is 32.9. The predicted octanol–water partition coefficient (Wildman–Crippen LogP) is 4.70. The second-order valence-corrected chi connectivity index (χ2v) is 14.5. The number of pyridine rings is 2. The van der Waals surface area contributed by atoms with Gasteiger partial charge in [0.25, 0.3) is 0 Å². The number of hydrogen-bond acceptors (Lipinski definition) is 10. The van der Waals surface area contributed by atoms with Crippen molar-refractivity contribution < 1.29 is 32.5 Å². The van der Waals surface area contributed by atoms with Crippen LogP contribution in [0.4, 0.5) is 0 Å². The molecule has 0 aliphatic heterocycles. The fourth-order valence-corrected chi connectivity index (χ4v) is 7.86. The van der Waals surface area contributed by atoms with Gasteiger partial charge in [-0.15, -0.1) is 24.8 Å². The average Bonchev–Trinajstić information content (AvgIpc) is 3.04. The summed E-state index contributed by atoms with van der Waals surface area (Å²) in [6.45, 7) is 0.103. The summed E-state index contributed by atoms with van der Waals surface area (Å²) in [5, 5.41) is 22.7. The molecule has 0 saturated carbocycles. The maximum atomic E-state index is 12.6. The van der Waals surface area contributed by atoms with E-state index in [9.17, 15) is 27.0 Å². The number of benzene rings is 4. The van der Waals surface area contributed by atoms with Gasteiger partial charge in [0.1, 0.15) is 11.5 Å². The zero-order valence-electron chi connectivity index (χ0n) is 25.9. The van der Waals surface area contributed by atoms with Gasteiger partial charge < -0.3 is 27.2 Å². The van der Waals surface area contributed by atoms with E-state index in [4.69, 9.17) is 11.5 Å². The minimum atomic E-state index is -3.51. The van der Waals surface area contributed by atoms with Crippen LogP contribution in [0, 0.1) is 0 Å². The van der Waals surface area contributed by atoms with E-state index in [1.54, 1.807) is 97.6 Å². The van der Waals surface area contributed by atoms with E-state index in [-0.39, 0.29) is 76.2 Å². The smallest absolute Gasteiger partial charge is 0.180 e.